The molecule has 2 aromatic carbocycles. The number of carbonyl (C=O) groups excluding carboxylic acids is 2. The van der Waals surface area contributed by atoms with Gasteiger partial charge in [0.05, 0.1) is 30.6 Å². The zero-order valence-corrected chi connectivity index (χ0v) is 33.2. The maximum absolute atomic E-state index is 12.6. The summed E-state index contributed by atoms with van der Waals surface area (Å²) >= 11 is 8.77. The number of aromatic nitrogens is 2. The van der Waals surface area contributed by atoms with E-state index in [1.165, 1.54) is 38.9 Å². The second kappa shape index (κ2) is 17.9. The number of nitro groups is 2. The van der Waals surface area contributed by atoms with Crippen molar-refractivity contribution in [1.82, 2.24) is 24.3 Å². The topological polar surface area (TPSA) is 186 Å². The molecule has 4 aromatic heterocycles. The van der Waals surface area contributed by atoms with Gasteiger partial charge in [0.1, 0.15) is 10.7 Å². The zero-order valence-electron chi connectivity index (χ0n) is 30.8. The van der Waals surface area contributed by atoms with Crippen LogP contribution in [0.1, 0.15) is 19.3 Å². The summed E-state index contributed by atoms with van der Waals surface area (Å²) in [6.45, 7) is 5.22. The van der Waals surface area contributed by atoms with E-state index in [0.29, 0.717) is 58.5 Å². The summed E-state index contributed by atoms with van der Waals surface area (Å²) in [6.07, 6.45) is 0. The summed E-state index contributed by atoms with van der Waals surface area (Å²) in [6, 6.07) is 21.4. The lowest BCUT2D eigenvalue weighted by atomic mass is 10.1. The van der Waals surface area contributed by atoms with Crippen LogP contribution in [0.3, 0.4) is 0 Å². The van der Waals surface area contributed by atoms with E-state index < -0.39 is 32.3 Å². The number of aryl methyl sites for hydroxylation is 2. The van der Waals surface area contributed by atoms with E-state index in [4.69, 9.17) is 11.6 Å². The smallest absolute Gasteiger partial charge is 0.357 e. The monoisotopic (exact) mass is 832 g/mol. The Kier molecular flexibility index (Phi) is 12.8. The van der Waals surface area contributed by atoms with Crippen molar-refractivity contribution in [2.45, 2.75) is 0 Å². The molecule has 0 bridgehead atoms. The van der Waals surface area contributed by atoms with Crippen molar-refractivity contribution in [3.05, 3.63) is 139 Å². The summed E-state index contributed by atoms with van der Waals surface area (Å²) < 4.78 is 2.53. The van der Waals surface area contributed by atoms with Crippen molar-refractivity contribution in [2.24, 2.45) is 14.1 Å². The van der Waals surface area contributed by atoms with E-state index in [-0.39, 0.29) is 16.8 Å². The van der Waals surface area contributed by atoms with E-state index in [9.17, 15) is 39.4 Å². The van der Waals surface area contributed by atoms with E-state index in [1.54, 1.807) is 66.5 Å². The minimum absolute atomic E-state index is 0.0296. The van der Waals surface area contributed by atoms with Gasteiger partial charge in [-0.25, -0.2) is 0 Å². The number of halogens is 1. The molecule has 57 heavy (non-hydrogen) atoms. The van der Waals surface area contributed by atoms with Crippen molar-refractivity contribution in [1.29, 1.82) is 0 Å². The van der Waals surface area contributed by atoms with Crippen LogP contribution >= 0.6 is 34.3 Å². The highest BCUT2D eigenvalue weighted by Gasteiger charge is 2.32. The number of rotatable bonds is 5. The Bertz CT molecular complexity index is 2560. The molecule has 1 N–H and O–H groups in total. The molecule has 2 saturated heterocycles. The third-order valence-corrected chi connectivity index (χ3v) is 11.7. The van der Waals surface area contributed by atoms with Crippen LogP contribution in [0.5, 0.6) is 0 Å². The standard InChI is InChI=1S/C19H18N4O4S.C10H7ClN2O3.C9H12N2OS/c1-20-14-6-3-2-5-13(14)16(17(19(20)25)23(26)27)21-8-10-22(11-9-21)18(24)15-7-4-12-28-15;1-12-7-5-3-2-4-6(7)8(11)9(10(12)14)13(15)16;12-9(8-2-1-7-13-8)11-5-3-10-4-6-11/h2-7,12H,8-11H2,1H3;2-5H,1H3;1-2,7,10H,3-6H2. The Morgan fingerprint density at radius 1 is 0.649 bits per heavy atom. The van der Waals surface area contributed by atoms with Crippen LogP contribution in [0, 0.1) is 20.2 Å². The van der Waals surface area contributed by atoms with Crippen molar-refractivity contribution in [3.8, 4) is 0 Å². The highest BCUT2D eigenvalue weighted by molar-refractivity contribution is 7.12. The van der Waals surface area contributed by atoms with E-state index in [0.717, 1.165) is 31.1 Å². The first-order valence-electron chi connectivity index (χ1n) is 17.7. The molecule has 19 heteroatoms. The van der Waals surface area contributed by atoms with Gasteiger partial charge in [0.25, 0.3) is 11.8 Å². The van der Waals surface area contributed by atoms with E-state index in [1.807, 2.05) is 38.8 Å². The lowest BCUT2D eigenvalue weighted by Gasteiger charge is -2.36. The maximum Gasteiger partial charge on any atom is 0.357 e. The van der Waals surface area contributed by atoms with Crippen LogP contribution in [-0.4, -0.2) is 93.0 Å². The van der Waals surface area contributed by atoms with Gasteiger partial charge in [0, 0.05) is 77.2 Å². The molecule has 2 aliphatic heterocycles. The minimum Gasteiger partial charge on any atom is -0.362 e. The molecule has 8 rings (SSSR count). The van der Waals surface area contributed by atoms with Crippen LogP contribution in [0.4, 0.5) is 17.1 Å². The highest BCUT2D eigenvalue weighted by Crippen LogP contribution is 2.34. The largest absolute Gasteiger partial charge is 0.362 e. The summed E-state index contributed by atoms with van der Waals surface area (Å²) in [5, 5.41) is 30.5. The van der Waals surface area contributed by atoms with Crippen molar-refractivity contribution < 1.29 is 19.4 Å². The molecule has 0 saturated carbocycles. The number of piperazine rings is 2. The van der Waals surface area contributed by atoms with Gasteiger partial charge in [0.2, 0.25) is 0 Å². The Morgan fingerprint density at radius 3 is 1.60 bits per heavy atom. The number of nitrogens with zero attached hydrogens (tertiary/aromatic N) is 7. The second-order valence-electron chi connectivity index (χ2n) is 12.9. The molecule has 16 nitrogen and oxygen atoms in total. The average Bonchev–Trinajstić information content (AvgIpc) is 3.98. The Balaban J connectivity index is 0.000000160. The molecule has 0 aliphatic carbocycles. The van der Waals surface area contributed by atoms with Crippen molar-refractivity contribution >= 4 is 85.0 Å². The summed E-state index contributed by atoms with van der Waals surface area (Å²) in [7, 11) is 3.02. The second-order valence-corrected chi connectivity index (χ2v) is 15.2. The zero-order chi connectivity index (χ0) is 40.8. The molecule has 0 spiro atoms. The molecule has 6 heterocycles. The van der Waals surface area contributed by atoms with E-state index >= 15 is 0 Å². The van der Waals surface area contributed by atoms with Gasteiger partial charge in [-0.3, -0.25) is 39.4 Å². The molecule has 2 fully saturated rings. The average molecular weight is 833 g/mol. The van der Waals surface area contributed by atoms with Gasteiger partial charge < -0.3 is 29.2 Å². The summed E-state index contributed by atoms with van der Waals surface area (Å²) in [4.78, 5) is 76.8. The third kappa shape index (κ3) is 8.58. The SMILES string of the molecule is Cn1c(=O)c([N+](=O)[O-])c(Cl)c2ccccc21.Cn1c(=O)c([N+](=O)[O-])c(N2CCN(C(=O)c3cccs3)CC2)c2ccccc21.O=C(c1cccs1)N1CCNCC1. The van der Waals surface area contributed by atoms with Crippen molar-refractivity contribution in [2.75, 3.05) is 57.3 Å². The number of benzene rings is 2. The fourth-order valence-electron chi connectivity index (χ4n) is 6.66. The third-order valence-electron chi connectivity index (χ3n) is 9.59. The Morgan fingerprint density at radius 2 is 1.11 bits per heavy atom. The van der Waals surface area contributed by atoms with Gasteiger partial charge in [0.15, 0.2) is 0 Å². The first-order chi connectivity index (χ1) is 27.4. The lowest BCUT2D eigenvalue weighted by Crippen LogP contribution is -2.49. The van der Waals surface area contributed by atoms with Crippen LogP contribution < -0.4 is 21.3 Å². The Hall–Kier alpha value is -5.95. The molecule has 0 atom stereocenters. The first kappa shape index (κ1) is 40.7. The van der Waals surface area contributed by atoms with Gasteiger partial charge in [-0.05, 0) is 35.0 Å². The number of pyridine rings is 2. The predicted octanol–water partition coefficient (Wildman–Crippen LogP) is 5.36. The number of hydrogen-bond donors (Lipinski definition) is 1. The van der Waals surface area contributed by atoms with Gasteiger partial charge in [-0.1, -0.05) is 60.1 Å². The molecule has 2 amide bonds. The van der Waals surface area contributed by atoms with Gasteiger partial charge >= 0.3 is 22.5 Å². The lowest BCUT2D eigenvalue weighted by molar-refractivity contribution is -0.386. The first-order valence-corrected chi connectivity index (χ1v) is 19.8. The maximum atomic E-state index is 12.6. The normalized spacial score (nSPS) is 14.1. The molecular weight excluding hydrogens is 796 g/mol. The van der Waals surface area contributed by atoms with E-state index in [2.05, 4.69) is 5.32 Å². The number of para-hydroxylation sites is 2. The van der Waals surface area contributed by atoms with Gasteiger partial charge in [-0.15, -0.1) is 22.7 Å². The highest BCUT2D eigenvalue weighted by atomic mass is 35.5. The number of nitrogens with one attached hydrogen (secondary N) is 1. The molecule has 296 valence electrons. The summed E-state index contributed by atoms with van der Waals surface area (Å²) in [5.41, 5.74) is -0.771. The van der Waals surface area contributed by atoms with Crippen LogP contribution in [0.15, 0.2) is 93.1 Å². The fraction of sp³-hybridized carbons (Fsp3) is 0.263. The van der Waals surface area contributed by atoms with Crippen molar-refractivity contribution in [3.63, 3.8) is 0 Å². The quantitative estimate of drug-likeness (QED) is 0.175. The van der Waals surface area contributed by atoms with Gasteiger partial charge in [-0.2, -0.15) is 0 Å². The number of fused-ring (bicyclic) bond motifs is 2. The molecule has 6 aromatic rings. The number of amides is 2. The molecule has 0 unspecified atom stereocenters. The number of anilines is 1. The van der Waals surface area contributed by atoms with Crippen LogP contribution in [0.2, 0.25) is 5.02 Å². The number of carbonyl (C=O) groups is 2. The molecule has 0 radical (unpaired) electrons. The summed E-state index contributed by atoms with van der Waals surface area (Å²) in [5.74, 6) is 0.148. The number of hydrogen-bond acceptors (Lipinski definition) is 12. The fourth-order valence-corrected chi connectivity index (χ4v) is 8.35. The number of thiophene rings is 2. The molecule has 2 aliphatic rings. The Labute approximate surface area is 338 Å². The predicted molar refractivity (Wildman–Crippen MR) is 222 cm³/mol. The molecular formula is C38H37ClN8O8S2. The van der Waals surface area contributed by atoms with Crippen LogP contribution in [0.25, 0.3) is 21.8 Å². The van der Waals surface area contributed by atoms with Crippen LogP contribution in [-0.2, 0) is 14.1 Å². The minimum atomic E-state index is -0.753.